The lowest BCUT2D eigenvalue weighted by atomic mass is 10.2. The van der Waals surface area contributed by atoms with Crippen LogP contribution < -0.4 is 0 Å². The van der Waals surface area contributed by atoms with Gasteiger partial charge in [-0.05, 0) is 28.5 Å². The monoisotopic (exact) mass is 299 g/mol. The molecule has 0 N–H and O–H groups in total. The lowest BCUT2D eigenvalue weighted by Gasteiger charge is -2.14. The normalized spacial score (nSPS) is 14.7. The molecule has 4 rings (SSSR count). The SMILES string of the molecule is Cn1nc(Cn2cccn2)c2c1CN(Cc1ccsc1)C2. The zero-order valence-corrected chi connectivity index (χ0v) is 12.8. The Kier molecular flexibility index (Phi) is 3.12. The molecule has 0 amide bonds. The molecule has 0 unspecified atom stereocenters. The van der Waals surface area contributed by atoms with E-state index in [1.54, 1.807) is 11.3 Å². The van der Waals surface area contributed by atoms with Crippen LogP contribution in [-0.2, 0) is 33.2 Å². The second-order valence-corrected chi connectivity index (χ2v) is 6.26. The number of hydrogen-bond donors (Lipinski definition) is 0. The molecule has 0 spiro atoms. The molecule has 1 aliphatic rings. The molecule has 6 heteroatoms. The van der Waals surface area contributed by atoms with Gasteiger partial charge in [0.25, 0.3) is 0 Å². The Morgan fingerprint density at radius 2 is 2.24 bits per heavy atom. The summed E-state index contributed by atoms with van der Waals surface area (Å²) in [7, 11) is 2.04. The van der Waals surface area contributed by atoms with Gasteiger partial charge in [0, 0.05) is 44.6 Å². The molecule has 4 heterocycles. The predicted molar refractivity (Wildman–Crippen MR) is 81.8 cm³/mol. The van der Waals surface area contributed by atoms with Crippen molar-refractivity contribution in [2.45, 2.75) is 26.2 Å². The number of hydrogen-bond acceptors (Lipinski definition) is 4. The van der Waals surface area contributed by atoms with Crippen molar-refractivity contribution >= 4 is 11.3 Å². The first-order chi connectivity index (χ1) is 10.3. The van der Waals surface area contributed by atoms with E-state index >= 15 is 0 Å². The molecule has 1 aliphatic heterocycles. The van der Waals surface area contributed by atoms with Crippen molar-refractivity contribution in [1.29, 1.82) is 0 Å². The first-order valence-electron chi connectivity index (χ1n) is 7.04. The van der Waals surface area contributed by atoms with E-state index in [4.69, 9.17) is 0 Å². The van der Waals surface area contributed by atoms with Gasteiger partial charge >= 0.3 is 0 Å². The summed E-state index contributed by atoms with van der Waals surface area (Å²) >= 11 is 1.76. The maximum atomic E-state index is 4.67. The van der Waals surface area contributed by atoms with E-state index in [0.717, 1.165) is 31.9 Å². The van der Waals surface area contributed by atoms with Crippen LogP contribution in [0.1, 0.15) is 22.5 Å². The van der Waals surface area contributed by atoms with Gasteiger partial charge in [-0.15, -0.1) is 0 Å². The highest BCUT2D eigenvalue weighted by molar-refractivity contribution is 7.07. The van der Waals surface area contributed by atoms with Gasteiger partial charge in [0.2, 0.25) is 0 Å². The zero-order valence-electron chi connectivity index (χ0n) is 11.9. The van der Waals surface area contributed by atoms with E-state index in [1.165, 1.54) is 16.8 Å². The fourth-order valence-corrected chi connectivity index (χ4v) is 3.62. The summed E-state index contributed by atoms with van der Waals surface area (Å²) in [4.78, 5) is 2.47. The minimum atomic E-state index is 0.752. The van der Waals surface area contributed by atoms with E-state index in [9.17, 15) is 0 Å². The first-order valence-corrected chi connectivity index (χ1v) is 7.98. The topological polar surface area (TPSA) is 38.9 Å². The van der Waals surface area contributed by atoms with Gasteiger partial charge in [0.15, 0.2) is 0 Å². The quantitative estimate of drug-likeness (QED) is 0.741. The second-order valence-electron chi connectivity index (χ2n) is 5.48. The van der Waals surface area contributed by atoms with Crippen molar-refractivity contribution in [2.75, 3.05) is 0 Å². The largest absolute Gasteiger partial charge is 0.289 e. The van der Waals surface area contributed by atoms with Gasteiger partial charge in [-0.2, -0.15) is 21.5 Å². The summed E-state index contributed by atoms with van der Waals surface area (Å²) in [6, 6.07) is 4.16. The molecule has 0 atom stereocenters. The number of rotatable bonds is 4. The Hall–Kier alpha value is -1.92. The van der Waals surface area contributed by atoms with E-state index in [0.29, 0.717) is 0 Å². The maximum absolute atomic E-state index is 4.67. The Morgan fingerprint density at radius 3 is 3.00 bits per heavy atom. The van der Waals surface area contributed by atoms with Crippen LogP contribution >= 0.6 is 11.3 Å². The van der Waals surface area contributed by atoms with Crippen molar-refractivity contribution in [2.24, 2.45) is 7.05 Å². The standard InChI is InChI=1S/C15H17N5S/c1-18-15-10-19(7-12-3-6-21-11-12)8-13(15)14(17-18)9-20-5-2-4-16-20/h2-6,11H,7-10H2,1H3. The van der Waals surface area contributed by atoms with Crippen LogP contribution in [0.4, 0.5) is 0 Å². The van der Waals surface area contributed by atoms with Crippen LogP contribution in [-0.4, -0.2) is 24.5 Å². The van der Waals surface area contributed by atoms with E-state index in [1.807, 2.05) is 34.9 Å². The number of aryl methyl sites for hydroxylation is 1. The van der Waals surface area contributed by atoms with Crippen molar-refractivity contribution in [3.05, 3.63) is 57.8 Å². The molecule has 0 aliphatic carbocycles. The van der Waals surface area contributed by atoms with Gasteiger partial charge in [-0.3, -0.25) is 14.3 Å². The average molecular weight is 299 g/mol. The van der Waals surface area contributed by atoms with E-state index < -0.39 is 0 Å². The van der Waals surface area contributed by atoms with Crippen molar-refractivity contribution in [3.63, 3.8) is 0 Å². The highest BCUT2D eigenvalue weighted by Crippen LogP contribution is 2.27. The van der Waals surface area contributed by atoms with Gasteiger partial charge in [-0.25, -0.2) is 0 Å². The Balaban J connectivity index is 1.55. The van der Waals surface area contributed by atoms with E-state index in [2.05, 4.69) is 31.9 Å². The molecule has 0 bridgehead atoms. The number of fused-ring (bicyclic) bond motifs is 1. The van der Waals surface area contributed by atoms with Crippen molar-refractivity contribution < 1.29 is 0 Å². The van der Waals surface area contributed by atoms with Crippen LogP contribution in [0.25, 0.3) is 0 Å². The third kappa shape index (κ3) is 2.41. The molecule has 0 saturated heterocycles. The van der Waals surface area contributed by atoms with Gasteiger partial charge < -0.3 is 0 Å². The lowest BCUT2D eigenvalue weighted by Crippen LogP contribution is -2.17. The maximum Gasteiger partial charge on any atom is 0.0887 e. The van der Waals surface area contributed by atoms with Crippen molar-refractivity contribution in [1.82, 2.24) is 24.5 Å². The molecule has 108 valence electrons. The summed E-state index contributed by atoms with van der Waals surface area (Å²) in [5, 5.41) is 13.3. The molecule has 21 heavy (non-hydrogen) atoms. The summed E-state index contributed by atoms with van der Waals surface area (Å²) in [5.74, 6) is 0. The third-order valence-corrected chi connectivity index (χ3v) is 4.70. The Bertz CT molecular complexity index is 727. The number of nitrogens with zero attached hydrogens (tertiary/aromatic N) is 5. The molecule has 0 saturated carbocycles. The van der Waals surface area contributed by atoms with Crippen molar-refractivity contribution in [3.8, 4) is 0 Å². The minimum absolute atomic E-state index is 0.752. The first kappa shape index (κ1) is 12.8. The molecule has 0 radical (unpaired) electrons. The summed E-state index contributed by atoms with van der Waals surface area (Å²) < 4.78 is 3.96. The van der Waals surface area contributed by atoms with Gasteiger partial charge in [0.1, 0.15) is 0 Å². The van der Waals surface area contributed by atoms with Crippen LogP contribution in [0.3, 0.4) is 0 Å². The summed E-state index contributed by atoms with van der Waals surface area (Å²) in [5.41, 5.74) is 5.26. The molecule has 0 fully saturated rings. The van der Waals surface area contributed by atoms with E-state index in [-0.39, 0.29) is 0 Å². The number of thiophene rings is 1. The molecule has 3 aromatic heterocycles. The summed E-state index contributed by atoms with van der Waals surface area (Å²) in [6.45, 7) is 3.73. The van der Waals surface area contributed by atoms with Crippen LogP contribution in [0, 0.1) is 0 Å². The minimum Gasteiger partial charge on any atom is -0.289 e. The Labute approximate surface area is 127 Å². The average Bonchev–Trinajstić information content (AvgIpc) is 3.20. The molecule has 0 aromatic carbocycles. The van der Waals surface area contributed by atoms with Crippen LogP contribution in [0.2, 0.25) is 0 Å². The lowest BCUT2D eigenvalue weighted by molar-refractivity contribution is 0.268. The molecule has 5 nitrogen and oxygen atoms in total. The summed E-state index contributed by atoms with van der Waals surface area (Å²) in [6.07, 6.45) is 3.80. The Morgan fingerprint density at radius 1 is 1.29 bits per heavy atom. The second kappa shape index (κ2) is 5.13. The van der Waals surface area contributed by atoms with Gasteiger partial charge in [0.05, 0.1) is 17.9 Å². The highest BCUT2D eigenvalue weighted by Gasteiger charge is 2.26. The molecular formula is C15H17N5S. The van der Waals surface area contributed by atoms with Crippen LogP contribution in [0.5, 0.6) is 0 Å². The number of aromatic nitrogens is 4. The predicted octanol–water partition coefficient (Wildman–Crippen LogP) is 2.24. The molecular weight excluding hydrogens is 282 g/mol. The van der Waals surface area contributed by atoms with Crippen LogP contribution in [0.15, 0.2) is 35.3 Å². The zero-order chi connectivity index (χ0) is 14.2. The fourth-order valence-electron chi connectivity index (χ4n) is 2.96. The smallest absolute Gasteiger partial charge is 0.0887 e. The fraction of sp³-hybridized carbons (Fsp3) is 0.333. The van der Waals surface area contributed by atoms with Gasteiger partial charge in [-0.1, -0.05) is 0 Å². The highest BCUT2D eigenvalue weighted by atomic mass is 32.1. The molecule has 3 aromatic rings. The third-order valence-electron chi connectivity index (χ3n) is 3.97.